The van der Waals surface area contributed by atoms with Crippen LogP contribution in [0.5, 0.6) is 0 Å². The van der Waals surface area contributed by atoms with Crippen molar-refractivity contribution in [1.82, 2.24) is 0 Å². The van der Waals surface area contributed by atoms with E-state index >= 15 is 0 Å². The highest BCUT2D eigenvalue weighted by atomic mass is 35.5. The number of unbranched alkanes of at least 4 members (excludes halogenated alkanes) is 1. The predicted molar refractivity (Wildman–Crippen MR) is 85.5 cm³/mol. The first-order valence-electron chi connectivity index (χ1n) is 6.93. The van der Waals surface area contributed by atoms with Gasteiger partial charge in [0.1, 0.15) is 0 Å². The van der Waals surface area contributed by atoms with Crippen LogP contribution in [0.1, 0.15) is 28.8 Å². The van der Waals surface area contributed by atoms with Gasteiger partial charge in [-0.2, -0.15) is 0 Å². The monoisotopic (exact) mass is 303 g/mol. The number of ether oxygens (including phenoxy) is 1. The first kappa shape index (κ1) is 15.4. The number of esters is 1. The Morgan fingerprint density at radius 1 is 1.10 bits per heavy atom. The largest absolute Gasteiger partial charge is 0.462 e. The molecule has 0 saturated carbocycles. The molecule has 2 rings (SSSR count). The standard InChI is InChI=1S/C17H18ClNO2/c18-15-12-14(9-10-16(15)19)17(20)21-11-5-4-8-13-6-2-1-3-7-13/h1-3,6-7,9-10,12H,4-5,8,11,19H2. The third kappa shape index (κ3) is 4.80. The number of halogens is 1. The Morgan fingerprint density at radius 2 is 1.86 bits per heavy atom. The van der Waals surface area contributed by atoms with Gasteiger partial charge in [0.15, 0.2) is 0 Å². The van der Waals surface area contributed by atoms with Crippen molar-refractivity contribution in [2.24, 2.45) is 0 Å². The maximum Gasteiger partial charge on any atom is 0.338 e. The van der Waals surface area contributed by atoms with E-state index in [9.17, 15) is 4.79 Å². The van der Waals surface area contributed by atoms with Crippen molar-refractivity contribution in [3.63, 3.8) is 0 Å². The third-order valence-electron chi connectivity index (χ3n) is 3.17. The van der Waals surface area contributed by atoms with E-state index in [1.54, 1.807) is 12.1 Å². The van der Waals surface area contributed by atoms with E-state index in [1.165, 1.54) is 11.6 Å². The second kappa shape index (κ2) is 7.70. The highest BCUT2D eigenvalue weighted by Gasteiger charge is 2.08. The van der Waals surface area contributed by atoms with Crippen LogP contribution in [0.2, 0.25) is 5.02 Å². The lowest BCUT2D eigenvalue weighted by molar-refractivity contribution is 0.0498. The zero-order valence-corrected chi connectivity index (χ0v) is 12.5. The van der Waals surface area contributed by atoms with Gasteiger partial charge in [0.05, 0.1) is 22.9 Å². The SMILES string of the molecule is Nc1ccc(C(=O)OCCCCc2ccccc2)cc1Cl. The average Bonchev–Trinajstić information content (AvgIpc) is 2.50. The van der Waals surface area contributed by atoms with Gasteiger partial charge in [-0.3, -0.25) is 0 Å². The van der Waals surface area contributed by atoms with Gasteiger partial charge in [0.2, 0.25) is 0 Å². The Kier molecular flexibility index (Phi) is 5.64. The third-order valence-corrected chi connectivity index (χ3v) is 3.50. The summed E-state index contributed by atoms with van der Waals surface area (Å²) >= 11 is 5.88. The van der Waals surface area contributed by atoms with Crippen molar-refractivity contribution in [2.75, 3.05) is 12.3 Å². The lowest BCUT2D eigenvalue weighted by Crippen LogP contribution is -2.07. The number of benzene rings is 2. The molecule has 110 valence electrons. The van der Waals surface area contributed by atoms with E-state index < -0.39 is 0 Å². The van der Waals surface area contributed by atoms with Crippen LogP contribution in [0.3, 0.4) is 0 Å². The first-order chi connectivity index (χ1) is 10.2. The summed E-state index contributed by atoms with van der Waals surface area (Å²) in [5.74, 6) is -0.364. The second-order valence-corrected chi connectivity index (χ2v) is 5.22. The lowest BCUT2D eigenvalue weighted by Gasteiger charge is -2.06. The summed E-state index contributed by atoms with van der Waals surface area (Å²) in [6.45, 7) is 0.410. The zero-order chi connectivity index (χ0) is 15.1. The molecule has 0 unspecified atom stereocenters. The van der Waals surface area contributed by atoms with Gasteiger partial charge in [0.25, 0.3) is 0 Å². The van der Waals surface area contributed by atoms with Gasteiger partial charge in [-0.15, -0.1) is 0 Å². The van der Waals surface area contributed by atoms with E-state index in [0.717, 1.165) is 19.3 Å². The summed E-state index contributed by atoms with van der Waals surface area (Å²) < 4.78 is 5.22. The predicted octanol–water partition coefficient (Wildman–Crippen LogP) is 4.10. The van der Waals surface area contributed by atoms with Crippen molar-refractivity contribution in [2.45, 2.75) is 19.3 Å². The fourth-order valence-electron chi connectivity index (χ4n) is 1.98. The molecule has 0 spiro atoms. The fourth-order valence-corrected chi connectivity index (χ4v) is 2.16. The van der Waals surface area contributed by atoms with Crippen LogP contribution in [0.4, 0.5) is 5.69 Å². The molecule has 0 bridgehead atoms. The van der Waals surface area contributed by atoms with Crippen LogP contribution < -0.4 is 5.73 Å². The van der Waals surface area contributed by atoms with Gasteiger partial charge in [0, 0.05) is 0 Å². The molecule has 0 radical (unpaired) electrons. The number of hydrogen-bond donors (Lipinski definition) is 1. The molecule has 0 amide bonds. The normalized spacial score (nSPS) is 10.3. The molecule has 2 N–H and O–H groups in total. The Labute approximate surface area is 129 Å². The Balaban J connectivity index is 1.71. The molecule has 0 aliphatic heterocycles. The summed E-state index contributed by atoms with van der Waals surface area (Å²) in [5.41, 5.74) is 7.78. The van der Waals surface area contributed by atoms with Gasteiger partial charge < -0.3 is 10.5 Å². The number of rotatable bonds is 6. The van der Waals surface area contributed by atoms with Crippen LogP contribution in [0.25, 0.3) is 0 Å². The minimum absolute atomic E-state index is 0.364. The molecule has 4 heteroatoms. The molecule has 0 aliphatic carbocycles. The quantitative estimate of drug-likeness (QED) is 0.496. The topological polar surface area (TPSA) is 52.3 Å². The number of hydrogen-bond acceptors (Lipinski definition) is 3. The van der Waals surface area contributed by atoms with Crippen molar-refractivity contribution in [1.29, 1.82) is 0 Å². The first-order valence-corrected chi connectivity index (χ1v) is 7.30. The summed E-state index contributed by atoms with van der Waals surface area (Å²) in [6, 6.07) is 15.0. The van der Waals surface area contributed by atoms with Crippen molar-refractivity contribution in [3.05, 3.63) is 64.7 Å². The molecule has 0 atom stereocenters. The van der Waals surface area contributed by atoms with Gasteiger partial charge in [-0.1, -0.05) is 41.9 Å². The molecular weight excluding hydrogens is 286 g/mol. The number of aryl methyl sites for hydroxylation is 1. The maximum absolute atomic E-state index is 11.8. The molecule has 0 heterocycles. The molecule has 21 heavy (non-hydrogen) atoms. The Bertz CT molecular complexity index is 599. The van der Waals surface area contributed by atoms with E-state index in [2.05, 4.69) is 12.1 Å². The number of nitrogens with two attached hydrogens (primary N) is 1. The van der Waals surface area contributed by atoms with E-state index in [0.29, 0.717) is 22.9 Å². The minimum Gasteiger partial charge on any atom is -0.462 e. The Morgan fingerprint density at radius 3 is 2.57 bits per heavy atom. The molecule has 2 aromatic carbocycles. The summed E-state index contributed by atoms with van der Waals surface area (Å²) in [4.78, 5) is 11.8. The van der Waals surface area contributed by atoms with Crippen molar-refractivity contribution >= 4 is 23.3 Å². The van der Waals surface area contributed by atoms with Crippen LogP contribution in [-0.2, 0) is 11.2 Å². The fraction of sp³-hybridized carbons (Fsp3) is 0.235. The van der Waals surface area contributed by atoms with Crippen LogP contribution in [0, 0.1) is 0 Å². The Hall–Kier alpha value is -2.00. The number of nitrogen functional groups attached to an aromatic ring is 1. The number of carbonyl (C=O) groups excluding carboxylic acids is 1. The average molecular weight is 304 g/mol. The van der Waals surface area contributed by atoms with E-state index in [4.69, 9.17) is 22.1 Å². The lowest BCUT2D eigenvalue weighted by atomic mass is 10.1. The molecular formula is C17H18ClNO2. The van der Waals surface area contributed by atoms with Crippen molar-refractivity contribution in [3.8, 4) is 0 Å². The summed E-state index contributed by atoms with van der Waals surface area (Å²) in [5, 5.41) is 0.369. The summed E-state index contributed by atoms with van der Waals surface area (Å²) in [7, 11) is 0. The highest BCUT2D eigenvalue weighted by molar-refractivity contribution is 6.33. The molecule has 0 saturated heterocycles. The van der Waals surface area contributed by atoms with Crippen LogP contribution in [-0.4, -0.2) is 12.6 Å². The minimum atomic E-state index is -0.364. The number of carbonyl (C=O) groups is 1. The van der Waals surface area contributed by atoms with E-state index in [1.807, 2.05) is 18.2 Å². The van der Waals surface area contributed by atoms with Gasteiger partial charge in [-0.05, 0) is 43.0 Å². The van der Waals surface area contributed by atoms with Gasteiger partial charge >= 0.3 is 5.97 Å². The molecule has 3 nitrogen and oxygen atoms in total. The van der Waals surface area contributed by atoms with Crippen LogP contribution in [0.15, 0.2) is 48.5 Å². The maximum atomic E-state index is 11.8. The summed E-state index contributed by atoms with van der Waals surface area (Å²) in [6.07, 6.45) is 2.81. The van der Waals surface area contributed by atoms with Gasteiger partial charge in [-0.25, -0.2) is 4.79 Å². The molecule has 2 aromatic rings. The van der Waals surface area contributed by atoms with E-state index in [-0.39, 0.29) is 5.97 Å². The molecule has 0 fully saturated rings. The molecule has 0 aliphatic rings. The highest BCUT2D eigenvalue weighted by Crippen LogP contribution is 2.20. The smallest absolute Gasteiger partial charge is 0.338 e. The second-order valence-electron chi connectivity index (χ2n) is 4.81. The molecule has 0 aromatic heterocycles. The van der Waals surface area contributed by atoms with Crippen molar-refractivity contribution < 1.29 is 9.53 Å². The van der Waals surface area contributed by atoms with Crippen LogP contribution >= 0.6 is 11.6 Å². The zero-order valence-electron chi connectivity index (χ0n) is 11.7. The number of anilines is 1.